The molecule has 1 rings (SSSR count). The van der Waals surface area contributed by atoms with Crippen LogP contribution in [0.3, 0.4) is 0 Å². The van der Waals surface area contributed by atoms with Crippen molar-refractivity contribution in [3.8, 4) is 0 Å². The minimum absolute atomic E-state index is 0.0560. The van der Waals surface area contributed by atoms with Crippen LogP contribution in [0.5, 0.6) is 0 Å². The number of Topliss-reactive ketones (excluding diaryl/α,β-unsaturated/α-hetero) is 1. The third-order valence-electron chi connectivity index (χ3n) is 2.08. The molecular weight excluding hydrogens is 290 g/mol. The van der Waals surface area contributed by atoms with E-state index >= 15 is 0 Å². The fraction of sp³-hybridized carbons (Fsp3) is 0.364. The van der Waals surface area contributed by atoms with Gasteiger partial charge in [0.2, 0.25) is 0 Å². The maximum absolute atomic E-state index is 11.8. The first-order valence-corrected chi connectivity index (χ1v) is 6.47. The zero-order chi connectivity index (χ0) is 12.1. The number of alkyl halides is 1. The molecule has 0 saturated carbocycles. The molecule has 1 aromatic rings. The third-order valence-corrected chi connectivity index (χ3v) is 3.37. The third kappa shape index (κ3) is 3.81. The Morgan fingerprint density at radius 1 is 1.12 bits per heavy atom. The topological polar surface area (TPSA) is 17.1 Å². The van der Waals surface area contributed by atoms with E-state index in [1.807, 2.05) is 0 Å². The molecule has 0 radical (unpaired) electrons. The molecule has 0 aromatic heterocycles. The molecule has 0 heterocycles. The van der Waals surface area contributed by atoms with Crippen molar-refractivity contribution < 1.29 is 4.79 Å². The van der Waals surface area contributed by atoms with Crippen molar-refractivity contribution in [2.45, 2.75) is 19.3 Å². The summed E-state index contributed by atoms with van der Waals surface area (Å²) in [5.41, 5.74) is 0.383. The lowest BCUT2D eigenvalue weighted by atomic mass is 10.1. The van der Waals surface area contributed by atoms with Crippen LogP contribution in [0.25, 0.3) is 0 Å². The molecular formula is C11H10Cl4O. The van der Waals surface area contributed by atoms with Gasteiger partial charge < -0.3 is 0 Å². The number of hydrogen-bond acceptors (Lipinski definition) is 1. The molecule has 0 fully saturated rings. The molecule has 0 amide bonds. The summed E-state index contributed by atoms with van der Waals surface area (Å²) in [7, 11) is 0. The van der Waals surface area contributed by atoms with E-state index in [1.54, 1.807) is 6.07 Å². The van der Waals surface area contributed by atoms with Crippen LogP contribution in [0.4, 0.5) is 0 Å². The van der Waals surface area contributed by atoms with Gasteiger partial charge in [0.25, 0.3) is 0 Å². The smallest absolute Gasteiger partial charge is 0.164 e. The normalized spacial score (nSPS) is 10.5. The van der Waals surface area contributed by atoms with Gasteiger partial charge >= 0.3 is 0 Å². The van der Waals surface area contributed by atoms with Gasteiger partial charge in [-0.3, -0.25) is 4.79 Å². The SMILES string of the molecule is O=C(CCCCCl)c1cc(Cl)cc(Cl)c1Cl. The minimum Gasteiger partial charge on any atom is -0.294 e. The van der Waals surface area contributed by atoms with Crippen LogP contribution in [0, 0.1) is 0 Å². The van der Waals surface area contributed by atoms with Gasteiger partial charge in [-0.2, -0.15) is 0 Å². The van der Waals surface area contributed by atoms with Gasteiger partial charge in [0.05, 0.1) is 10.0 Å². The number of rotatable bonds is 5. The van der Waals surface area contributed by atoms with E-state index in [-0.39, 0.29) is 10.8 Å². The number of unbranched alkanes of at least 4 members (excludes halogenated alkanes) is 1. The highest BCUT2D eigenvalue weighted by Gasteiger charge is 2.13. The first-order chi connectivity index (χ1) is 7.56. The predicted octanol–water partition coefficient (Wildman–Crippen LogP) is 5.24. The molecule has 88 valence electrons. The van der Waals surface area contributed by atoms with Gasteiger partial charge in [0.1, 0.15) is 0 Å². The molecule has 0 unspecified atom stereocenters. The highest BCUT2D eigenvalue weighted by Crippen LogP contribution is 2.30. The number of carbonyl (C=O) groups excluding carboxylic acids is 1. The monoisotopic (exact) mass is 298 g/mol. The van der Waals surface area contributed by atoms with Crippen LogP contribution in [-0.4, -0.2) is 11.7 Å². The summed E-state index contributed by atoms with van der Waals surface area (Å²) >= 11 is 23.1. The predicted molar refractivity (Wildman–Crippen MR) is 70.4 cm³/mol. The van der Waals surface area contributed by atoms with Crippen LogP contribution >= 0.6 is 46.4 Å². The number of hydrogen-bond donors (Lipinski definition) is 0. The maximum atomic E-state index is 11.8. The van der Waals surface area contributed by atoms with E-state index in [0.29, 0.717) is 27.9 Å². The van der Waals surface area contributed by atoms with Crippen molar-refractivity contribution >= 4 is 52.2 Å². The second kappa shape index (κ2) is 6.70. The highest BCUT2D eigenvalue weighted by atomic mass is 35.5. The molecule has 0 bridgehead atoms. The minimum atomic E-state index is -0.0560. The van der Waals surface area contributed by atoms with E-state index in [9.17, 15) is 4.79 Å². The summed E-state index contributed by atoms with van der Waals surface area (Å²) in [6.07, 6.45) is 1.95. The quantitative estimate of drug-likeness (QED) is 0.314. The average molecular weight is 300 g/mol. The van der Waals surface area contributed by atoms with Crippen LogP contribution in [0.15, 0.2) is 12.1 Å². The zero-order valence-corrected chi connectivity index (χ0v) is 11.4. The lowest BCUT2D eigenvalue weighted by Gasteiger charge is -2.05. The van der Waals surface area contributed by atoms with E-state index < -0.39 is 0 Å². The first-order valence-electron chi connectivity index (χ1n) is 4.80. The molecule has 0 N–H and O–H groups in total. The van der Waals surface area contributed by atoms with Crippen LogP contribution < -0.4 is 0 Å². The number of ketones is 1. The van der Waals surface area contributed by atoms with E-state index in [2.05, 4.69) is 0 Å². The standard InChI is InChI=1S/C11H10Cl4O/c12-4-2-1-3-10(16)8-5-7(13)6-9(14)11(8)15/h5-6H,1-4H2. The van der Waals surface area contributed by atoms with Crippen molar-refractivity contribution in [1.82, 2.24) is 0 Å². The average Bonchev–Trinajstić information content (AvgIpc) is 2.23. The summed E-state index contributed by atoms with van der Waals surface area (Å²) in [6.45, 7) is 0. The molecule has 1 nitrogen and oxygen atoms in total. The van der Waals surface area contributed by atoms with E-state index in [0.717, 1.165) is 12.8 Å². The van der Waals surface area contributed by atoms with Crippen LogP contribution in [0.2, 0.25) is 15.1 Å². The van der Waals surface area contributed by atoms with Crippen molar-refractivity contribution in [3.63, 3.8) is 0 Å². The Balaban J connectivity index is 2.82. The second-order valence-corrected chi connectivity index (χ2v) is 4.92. The van der Waals surface area contributed by atoms with Crippen molar-refractivity contribution in [3.05, 3.63) is 32.8 Å². The zero-order valence-electron chi connectivity index (χ0n) is 8.40. The Morgan fingerprint density at radius 3 is 2.44 bits per heavy atom. The summed E-state index contributed by atoms with van der Waals surface area (Å²) < 4.78 is 0. The summed E-state index contributed by atoms with van der Waals surface area (Å²) in [5.74, 6) is 0.497. The number of benzene rings is 1. The highest BCUT2D eigenvalue weighted by molar-refractivity contribution is 6.45. The summed E-state index contributed by atoms with van der Waals surface area (Å²) in [5, 5.41) is 0.979. The fourth-order valence-corrected chi connectivity index (χ4v) is 2.17. The number of halogens is 4. The van der Waals surface area contributed by atoms with Crippen molar-refractivity contribution in [1.29, 1.82) is 0 Å². The second-order valence-electron chi connectivity index (χ2n) is 3.32. The molecule has 0 atom stereocenters. The molecule has 1 aromatic carbocycles. The largest absolute Gasteiger partial charge is 0.294 e. The first kappa shape index (κ1) is 14.1. The Bertz CT molecular complexity index is 390. The van der Waals surface area contributed by atoms with Gasteiger partial charge in [-0.1, -0.05) is 34.8 Å². The Kier molecular flexibility index (Phi) is 5.91. The molecule has 0 aliphatic carbocycles. The molecule has 0 aliphatic heterocycles. The van der Waals surface area contributed by atoms with Gasteiger partial charge in [-0.25, -0.2) is 0 Å². The maximum Gasteiger partial charge on any atom is 0.164 e. The van der Waals surface area contributed by atoms with Gasteiger partial charge in [0, 0.05) is 22.9 Å². The molecule has 0 saturated heterocycles. The molecule has 16 heavy (non-hydrogen) atoms. The molecule has 5 heteroatoms. The summed E-state index contributed by atoms with van der Waals surface area (Å²) in [6, 6.07) is 3.06. The van der Waals surface area contributed by atoms with Gasteiger partial charge in [0.15, 0.2) is 5.78 Å². The van der Waals surface area contributed by atoms with E-state index in [4.69, 9.17) is 46.4 Å². The molecule has 0 spiro atoms. The Hall–Kier alpha value is 0.0500. The lowest BCUT2D eigenvalue weighted by molar-refractivity contribution is 0.0980. The number of carbonyl (C=O) groups is 1. The molecule has 0 aliphatic rings. The van der Waals surface area contributed by atoms with Crippen LogP contribution in [0.1, 0.15) is 29.6 Å². The Labute approximate surface area is 115 Å². The van der Waals surface area contributed by atoms with E-state index in [1.165, 1.54) is 6.07 Å². The van der Waals surface area contributed by atoms with Crippen molar-refractivity contribution in [2.75, 3.05) is 5.88 Å². The van der Waals surface area contributed by atoms with Gasteiger partial charge in [-0.15, -0.1) is 11.6 Å². The fourth-order valence-electron chi connectivity index (χ4n) is 1.27. The Morgan fingerprint density at radius 2 is 1.81 bits per heavy atom. The van der Waals surface area contributed by atoms with Crippen LogP contribution in [-0.2, 0) is 0 Å². The van der Waals surface area contributed by atoms with Gasteiger partial charge in [-0.05, 0) is 25.0 Å². The summed E-state index contributed by atoms with van der Waals surface area (Å²) in [4.78, 5) is 11.8. The lowest BCUT2D eigenvalue weighted by Crippen LogP contribution is -2.00. The van der Waals surface area contributed by atoms with Crippen molar-refractivity contribution in [2.24, 2.45) is 0 Å².